The van der Waals surface area contributed by atoms with E-state index < -0.39 is 5.56 Å². The maximum absolute atomic E-state index is 12.1. The molecule has 120 valence electrons. The molecule has 1 aromatic carbocycles. The quantitative estimate of drug-likeness (QED) is 0.544. The minimum absolute atomic E-state index is 0.0290. The minimum Gasteiger partial charge on any atom is -0.494 e. The number of aromatic hydroxyl groups is 1. The molecule has 0 aliphatic carbocycles. The van der Waals surface area contributed by atoms with Crippen LogP contribution in [-0.2, 0) is 0 Å². The Bertz CT molecular complexity index is 1040. The van der Waals surface area contributed by atoms with Crippen LogP contribution in [0.5, 0.6) is 5.88 Å². The molecule has 0 amide bonds. The first-order valence-corrected chi connectivity index (χ1v) is 7.65. The smallest absolute Gasteiger partial charge is 0.263 e. The second kappa shape index (κ2) is 6.76. The fourth-order valence-electron chi connectivity index (χ4n) is 2.08. The molecule has 0 radical (unpaired) electrons. The van der Waals surface area contributed by atoms with Gasteiger partial charge in [-0.25, -0.2) is 0 Å². The van der Waals surface area contributed by atoms with Crippen molar-refractivity contribution in [3.8, 4) is 11.6 Å². The lowest BCUT2D eigenvalue weighted by Crippen LogP contribution is -2.15. The first kappa shape index (κ1) is 16.1. The van der Waals surface area contributed by atoms with Crippen molar-refractivity contribution < 1.29 is 9.52 Å². The van der Waals surface area contributed by atoms with Gasteiger partial charge in [0, 0.05) is 11.1 Å². The Morgan fingerprint density at radius 1 is 1.25 bits per heavy atom. The highest BCUT2D eigenvalue weighted by molar-refractivity contribution is 7.71. The topological polar surface area (TPSA) is 71.2 Å². The summed E-state index contributed by atoms with van der Waals surface area (Å²) in [4.78, 5) is 14.6. The highest BCUT2D eigenvalue weighted by Crippen LogP contribution is 2.21. The number of nitrogens with one attached hydrogen (secondary N) is 1. The van der Waals surface area contributed by atoms with Crippen LogP contribution in [0.15, 0.2) is 57.6 Å². The normalized spacial score (nSPS) is 10.2. The fourth-order valence-corrected chi connectivity index (χ4v) is 2.49. The van der Waals surface area contributed by atoms with Crippen molar-refractivity contribution in [2.45, 2.75) is 0 Å². The SMILES string of the molecule is O=c1[nH]c(=S)n(-c2ccc(Cl)cc2)c(O)c1C=C=Cc1ccco1. The Labute approximate surface area is 146 Å². The third kappa shape index (κ3) is 3.26. The van der Waals surface area contributed by atoms with Crippen LogP contribution < -0.4 is 5.56 Å². The first-order chi connectivity index (χ1) is 11.6. The van der Waals surface area contributed by atoms with E-state index in [9.17, 15) is 9.90 Å². The van der Waals surface area contributed by atoms with Crippen LogP contribution >= 0.6 is 23.8 Å². The standard InChI is InChI=1S/C17H11ClN2O3S/c18-11-6-8-12(9-7-11)20-16(22)14(15(21)19-17(20)24)5-1-3-13-4-2-10-23-13/h2-10,22H,(H,19,21,24). The second-order valence-corrected chi connectivity index (χ2v) is 5.60. The van der Waals surface area contributed by atoms with Crippen LogP contribution in [0, 0.1) is 4.77 Å². The zero-order valence-corrected chi connectivity index (χ0v) is 13.8. The number of aromatic amines is 1. The molecule has 0 aliphatic heterocycles. The molecule has 0 saturated heterocycles. The number of benzene rings is 1. The lowest BCUT2D eigenvalue weighted by atomic mass is 10.2. The van der Waals surface area contributed by atoms with E-state index in [4.69, 9.17) is 28.2 Å². The van der Waals surface area contributed by atoms with Gasteiger partial charge in [0.05, 0.1) is 12.0 Å². The van der Waals surface area contributed by atoms with E-state index in [1.165, 1.54) is 16.9 Å². The summed E-state index contributed by atoms with van der Waals surface area (Å²) >= 11 is 11.0. The molecule has 3 aromatic rings. The third-order valence-corrected chi connectivity index (χ3v) is 3.74. The molecule has 0 atom stereocenters. The molecule has 2 N–H and O–H groups in total. The Kier molecular flexibility index (Phi) is 4.53. The zero-order valence-electron chi connectivity index (χ0n) is 12.2. The van der Waals surface area contributed by atoms with Gasteiger partial charge in [-0.2, -0.15) is 0 Å². The molecule has 3 rings (SSSR count). The Morgan fingerprint density at radius 3 is 2.67 bits per heavy atom. The van der Waals surface area contributed by atoms with Gasteiger partial charge in [-0.05, 0) is 54.7 Å². The predicted octanol–water partition coefficient (Wildman–Crippen LogP) is 4.17. The van der Waals surface area contributed by atoms with Crippen molar-refractivity contribution >= 4 is 36.0 Å². The summed E-state index contributed by atoms with van der Waals surface area (Å²) in [5.74, 6) is 0.291. The Balaban J connectivity index is 2.13. The largest absolute Gasteiger partial charge is 0.494 e. The van der Waals surface area contributed by atoms with E-state index in [0.29, 0.717) is 16.5 Å². The van der Waals surface area contributed by atoms with Gasteiger partial charge in [-0.15, -0.1) is 5.73 Å². The van der Waals surface area contributed by atoms with Gasteiger partial charge in [0.2, 0.25) is 5.88 Å². The highest BCUT2D eigenvalue weighted by atomic mass is 35.5. The molecule has 2 heterocycles. The van der Waals surface area contributed by atoms with E-state index in [-0.39, 0.29) is 16.2 Å². The maximum atomic E-state index is 12.1. The molecule has 0 unspecified atom stereocenters. The molecule has 0 bridgehead atoms. The van der Waals surface area contributed by atoms with E-state index in [0.717, 1.165) is 0 Å². The van der Waals surface area contributed by atoms with Crippen molar-refractivity contribution in [1.29, 1.82) is 0 Å². The molecular formula is C17H11ClN2O3S. The van der Waals surface area contributed by atoms with Gasteiger partial charge in [0.25, 0.3) is 5.56 Å². The number of halogens is 1. The van der Waals surface area contributed by atoms with Crippen molar-refractivity contribution in [1.82, 2.24) is 9.55 Å². The van der Waals surface area contributed by atoms with Gasteiger partial charge in [0.1, 0.15) is 11.3 Å². The summed E-state index contributed by atoms with van der Waals surface area (Å²) in [7, 11) is 0. The highest BCUT2D eigenvalue weighted by Gasteiger charge is 2.11. The predicted molar refractivity (Wildman–Crippen MR) is 95.0 cm³/mol. The van der Waals surface area contributed by atoms with E-state index >= 15 is 0 Å². The third-order valence-electron chi connectivity index (χ3n) is 3.20. The average molecular weight is 359 g/mol. The minimum atomic E-state index is -0.511. The van der Waals surface area contributed by atoms with Gasteiger partial charge >= 0.3 is 0 Å². The van der Waals surface area contributed by atoms with Crippen LogP contribution in [0.1, 0.15) is 11.3 Å². The van der Waals surface area contributed by atoms with Crippen molar-refractivity contribution in [2.75, 3.05) is 0 Å². The molecule has 24 heavy (non-hydrogen) atoms. The van der Waals surface area contributed by atoms with Crippen molar-refractivity contribution in [2.24, 2.45) is 0 Å². The van der Waals surface area contributed by atoms with Gasteiger partial charge < -0.3 is 9.52 Å². The Morgan fingerprint density at radius 2 is 2.00 bits per heavy atom. The number of rotatable bonds is 3. The molecule has 0 aliphatic rings. The van der Waals surface area contributed by atoms with Gasteiger partial charge in [0.15, 0.2) is 4.77 Å². The van der Waals surface area contributed by atoms with Gasteiger partial charge in [-0.3, -0.25) is 14.3 Å². The van der Waals surface area contributed by atoms with Crippen molar-refractivity contribution in [3.63, 3.8) is 0 Å². The zero-order chi connectivity index (χ0) is 17.1. The number of hydrogen-bond acceptors (Lipinski definition) is 4. The summed E-state index contributed by atoms with van der Waals surface area (Å²) in [6.07, 6.45) is 4.43. The van der Waals surface area contributed by atoms with E-state index in [2.05, 4.69) is 10.7 Å². The van der Waals surface area contributed by atoms with Crippen LogP contribution in [-0.4, -0.2) is 14.7 Å². The molecule has 0 spiro atoms. The summed E-state index contributed by atoms with van der Waals surface area (Å²) in [6, 6.07) is 10.2. The summed E-state index contributed by atoms with van der Waals surface area (Å²) < 4.78 is 6.55. The lowest BCUT2D eigenvalue weighted by Gasteiger charge is -2.11. The number of H-pyrrole nitrogens is 1. The van der Waals surface area contributed by atoms with Crippen molar-refractivity contribution in [3.05, 3.63) is 79.9 Å². The molecule has 0 saturated carbocycles. The van der Waals surface area contributed by atoms with E-state index in [1.807, 2.05) is 0 Å². The summed E-state index contributed by atoms with van der Waals surface area (Å²) in [6.45, 7) is 0. The lowest BCUT2D eigenvalue weighted by molar-refractivity contribution is 0.432. The number of aromatic nitrogens is 2. The maximum Gasteiger partial charge on any atom is 0.263 e. The molecule has 7 heteroatoms. The van der Waals surface area contributed by atoms with Crippen LogP contribution in [0.3, 0.4) is 0 Å². The number of hydrogen-bond donors (Lipinski definition) is 2. The Hall–Kier alpha value is -2.79. The molecular weight excluding hydrogens is 348 g/mol. The second-order valence-electron chi connectivity index (χ2n) is 4.78. The first-order valence-electron chi connectivity index (χ1n) is 6.86. The molecule has 0 fully saturated rings. The fraction of sp³-hybridized carbons (Fsp3) is 0. The summed E-state index contributed by atoms with van der Waals surface area (Å²) in [5, 5.41) is 11.0. The van der Waals surface area contributed by atoms with Crippen LogP contribution in [0.4, 0.5) is 0 Å². The number of furan rings is 1. The summed E-state index contributed by atoms with van der Waals surface area (Å²) in [5.41, 5.74) is 2.89. The van der Waals surface area contributed by atoms with Gasteiger partial charge in [-0.1, -0.05) is 11.6 Å². The van der Waals surface area contributed by atoms with Crippen LogP contribution in [0.2, 0.25) is 5.02 Å². The molecule has 5 nitrogen and oxygen atoms in total. The average Bonchev–Trinajstić information content (AvgIpc) is 3.05. The monoisotopic (exact) mass is 358 g/mol. The molecule has 2 aromatic heterocycles. The van der Waals surface area contributed by atoms with E-state index in [1.54, 1.807) is 42.5 Å². The van der Waals surface area contributed by atoms with Crippen LogP contribution in [0.25, 0.3) is 17.8 Å². The number of nitrogens with zero attached hydrogens (tertiary/aromatic N) is 1.